The Morgan fingerprint density at radius 3 is 2.93 bits per heavy atom. The second-order valence-electron chi connectivity index (χ2n) is 3.14. The van der Waals surface area contributed by atoms with Crippen molar-refractivity contribution in [1.29, 1.82) is 0 Å². The number of esters is 1. The van der Waals surface area contributed by atoms with Crippen molar-refractivity contribution in [2.75, 3.05) is 13.2 Å². The van der Waals surface area contributed by atoms with Gasteiger partial charge >= 0.3 is 5.97 Å². The van der Waals surface area contributed by atoms with Crippen LogP contribution in [-0.2, 0) is 4.74 Å². The normalized spacial score (nSPS) is 12.2. The monoisotopic (exact) mass is 209 g/mol. The highest BCUT2D eigenvalue weighted by Crippen LogP contribution is 2.12. The van der Waals surface area contributed by atoms with E-state index in [0.29, 0.717) is 12.2 Å². The number of ether oxygens (including phenoxy) is 1. The molecule has 1 aromatic rings. The summed E-state index contributed by atoms with van der Waals surface area (Å²) in [5, 5.41) is 8.88. The first-order chi connectivity index (χ1) is 7.19. The molecule has 1 aromatic carbocycles. The van der Waals surface area contributed by atoms with Gasteiger partial charge in [-0.15, -0.1) is 0 Å². The standard InChI is InChI=1S/C11H15NO3/c1-2-15-11(14)9-5-3-4-8(6-9)10(12)7-13/h3-6,10,13H,2,7,12H2,1H3. The molecule has 4 heteroatoms. The predicted octanol–water partition coefficient (Wildman–Crippen LogP) is 0.855. The lowest BCUT2D eigenvalue weighted by molar-refractivity contribution is 0.0526. The Labute approximate surface area is 88.7 Å². The van der Waals surface area contributed by atoms with Crippen LogP contribution in [0.15, 0.2) is 24.3 Å². The lowest BCUT2D eigenvalue weighted by Crippen LogP contribution is -2.15. The molecule has 0 fully saturated rings. The van der Waals surface area contributed by atoms with Crippen molar-refractivity contribution >= 4 is 5.97 Å². The van der Waals surface area contributed by atoms with Crippen molar-refractivity contribution in [3.05, 3.63) is 35.4 Å². The molecule has 82 valence electrons. The van der Waals surface area contributed by atoms with Crippen LogP contribution >= 0.6 is 0 Å². The Morgan fingerprint density at radius 1 is 1.60 bits per heavy atom. The van der Waals surface area contributed by atoms with Crippen LogP contribution in [0.3, 0.4) is 0 Å². The summed E-state index contributed by atoms with van der Waals surface area (Å²) in [5.74, 6) is -0.371. The van der Waals surface area contributed by atoms with E-state index in [-0.39, 0.29) is 12.6 Å². The molecule has 0 bridgehead atoms. The fraction of sp³-hybridized carbons (Fsp3) is 0.364. The predicted molar refractivity (Wildman–Crippen MR) is 56.4 cm³/mol. The molecular weight excluding hydrogens is 194 g/mol. The molecule has 0 aliphatic rings. The zero-order chi connectivity index (χ0) is 11.3. The zero-order valence-corrected chi connectivity index (χ0v) is 8.64. The highest BCUT2D eigenvalue weighted by Gasteiger charge is 2.09. The topological polar surface area (TPSA) is 72.5 Å². The van der Waals surface area contributed by atoms with Crippen molar-refractivity contribution in [3.8, 4) is 0 Å². The Kier molecular flexibility index (Phi) is 4.27. The largest absolute Gasteiger partial charge is 0.462 e. The molecule has 0 aliphatic carbocycles. The van der Waals surface area contributed by atoms with Gasteiger partial charge in [-0.05, 0) is 24.6 Å². The molecule has 0 saturated heterocycles. The van der Waals surface area contributed by atoms with Crippen LogP contribution in [0.2, 0.25) is 0 Å². The number of hydrogen-bond donors (Lipinski definition) is 2. The summed E-state index contributed by atoms with van der Waals surface area (Å²) in [6, 6.07) is 6.32. The summed E-state index contributed by atoms with van der Waals surface area (Å²) in [5.41, 5.74) is 6.82. The first kappa shape index (κ1) is 11.7. The van der Waals surface area contributed by atoms with E-state index in [1.165, 1.54) is 0 Å². The van der Waals surface area contributed by atoms with Crippen molar-refractivity contribution in [3.63, 3.8) is 0 Å². The molecule has 1 unspecified atom stereocenters. The first-order valence-electron chi connectivity index (χ1n) is 4.82. The van der Waals surface area contributed by atoms with Gasteiger partial charge < -0.3 is 15.6 Å². The van der Waals surface area contributed by atoms with E-state index in [0.717, 1.165) is 5.56 Å². The lowest BCUT2D eigenvalue weighted by Gasteiger charge is -2.09. The molecule has 15 heavy (non-hydrogen) atoms. The van der Waals surface area contributed by atoms with E-state index < -0.39 is 6.04 Å². The summed E-state index contributed by atoms with van der Waals surface area (Å²) in [4.78, 5) is 11.4. The lowest BCUT2D eigenvalue weighted by atomic mass is 10.1. The van der Waals surface area contributed by atoms with Gasteiger partial charge in [0, 0.05) is 0 Å². The number of benzene rings is 1. The van der Waals surface area contributed by atoms with Crippen molar-refractivity contribution in [2.45, 2.75) is 13.0 Å². The molecule has 4 nitrogen and oxygen atoms in total. The average Bonchev–Trinajstić information content (AvgIpc) is 2.28. The minimum Gasteiger partial charge on any atom is -0.462 e. The SMILES string of the molecule is CCOC(=O)c1cccc(C(N)CO)c1. The maximum atomic E-state index is 11.4. The smallest absolute Gasteiger partial charge is 0.338 e. The maximum absolute atomic E-state index is 11.4. The van der Waals surface area contributed by atoms with E-state index >= 15 is 0 Å². The molecule has 1 rings (SSSR count). The van der Waals surface area contributed by atoms with Gasteiger partial charge in [-0.2, -0.15) is 0 Å². The molecule has 0 spiro atoms. The Bertz CT molecular complexity index is 338. The molecule has 0 amide bonds. The Morgan fingerprint density at radius 2 is 2.33 bits per heavy atom. The van der Waals surface area contributed by atoms with Crippen molar-refractivity contribution in [1.82, 2.24) is 0 Å². The van der Waals surface area contributed by atoms with Gasteiger partial charge in [-0.25, -0.2) is 4.79 Å². The quantitative estimate of drug-likeness (QED) is 0.721. The number of carbonyl (C=O) groups excluding carboxylic acids is 1. The van der Waals surface area contributed by atoms with Crippen LogP contribution < -0.4 is 5.73 Å². The van der Waals surface area contributed by atoms with Crippen molar-refractivity contribution in [2.24, 2.45) is 5.73 Å². The van der Waals surface area contributed by atoms with Crippen molar-refractivity contribution < 1.29 is 14.6 Å². The summed E-state index contributed by atoms with van der Waals surface area (Å²) < 4.78 is 4.85. The third-order valence-corrected chi connectivity index (χ3v) is 2.02. The van der Waals surface area contributed by atoms with Gasteiger partial charge in [0.1, 0.15) is 0 Å². The highest BCUT2D eigenvalue weighted by molar-refractivity contribution is 5.89. The number of carbonyl (C=O) groups is 1. The molecule has 1 atom stereocenters. The van der Waals surface area contributed by atoms with E-state index in [9.17, 15) is 4.79 Å². The second-order valence-corrected chi connectivity index (χ2v) is 3.14. The van der Waals surface area contributed by atoms with Gasteiger partial charge in [0.2, 0.25) is 0 Å². The molecule has 0 aliphatic heterocycles. The van der Waals surface area contributed by atoms with Crippen LogP contribution in [0.5, 0.6) is 0 Å². The molecule has 0 heterocycles. The van der Waals surface area contributed by atoms with Gasteiger partial charge in [0.15, 0.2) is 0 Å². The van der Waals surface area contributed by atoms with Gasteiger partial charge in [-0.1, -0.05) is 12.1 Å². The van der Waals surface area contributed by atoms with E-state index in [2.05, 4.69) is 0 Å². The maximum Gasteiger partial charge on any atom is 0.338 e. The minimum atomic E-state index is -0.459. The first-order valence-corrected chi connectivity index (χ1v) is 4.82. The van der Waals surface area contributed by atoms with Crippen LogP contribution in [0.4, 0.5) is 0 Å². The molecule has 0 saturated carbocycles. The Balaban J connectivity index is 2.87. The number of aliphatic hydroxyl groups is 1. The van der Waals surface area contributed by atoms with Crippen LogP contribution in [0.25, 0.3) is 0 Å². The number of aliphatic hydroxyl groups excluding tert-OH is 1. The fourth-order valence-corrected chi connectivity index (χ4v) is 1.22. The fourth-order valence-electron chi connectivity index (χ4n) is 1.22. The summed E-state index contributed by atoms with van der Waals surface area (Å²) in [7, 11) is 0. The van der Waals surface area contributed by atoms with Gasteiger partial charge in [0.05, 0.1) is 24.8 Å². The molecule has 0 aromatic heterocycles. The summed E-state index contributed by atoms with van der Waals surface area (Å²) in [6.07, 6.45) is 0. The number of hydrogen-bond acceptors (Lipinski definition) is 4. The van der Waals surface area contributed by atoms with Crippen LogP contribution in [-0.4, -0.2) is 24.3 Å². The van der Waals surface area contributed by atoms with Gasteiger partial charge in [0.25, 0.3) is 0 Å². The highest BCUT2D eigenvalue weighted by atomic mass is 16.5. The average molecular weight is 209 g/mol. The second kappa shape index (κ2) is 5.48. The van der Waals surface area contributed by atoms with E-state index in [1.54, 1.807) is 31.2 Å². The van der Waals surface area contributed by atoms with Crippen LogP contribution in [0, 0.1) is 0 Å². The van der Waals surface area contributed by atoms with E-state index in [1.807, 2.05) is 0 Å². The van der Waals surface area contributed by atoms with Gasteiger partial charge in [-0.3, -0.25) is 0 Å². The van der Waals surface area contributed by atoms with Crippen LogP contribution in [0.1, 0.15) is 28.9 Å². The number of nitrogens with two attached hydrogens (primary N) is 1. The zero-order valence-electron chi connectivity index (χ0n) is 8.64. The minimum absolute atomic E-state index is 0.147. The third kappa shape index (κ3) is 3.04. The number of rotatable bonds is 4. The molecular formula is C11H15NO3. The summed E-state index contributed by atoms with van der Waals surface area (Å²) in [6.45, 7) is 1.95. The molecule has 0 radical (unpaired) electrons. The summed E-state index contributed by atoms with van der Waals surface area (Å²) >= 11 is 0. The molecule has 3 N–H and O–H groups in total. The third-order valence-electron chi connectivity index (χ3n) is 2.02. The van der Waals surface area contributed by atoms with E-state index in [4.69, 9.17) is 15.6 Å². The Hall–Kier alpha value is -1.39.